The fourth-order valence-corrected chi connectivity index (χ4v) is 4.21. The molecule has 1 rings (SSSR count). The predicted molar refractivity (Wildman–Crippen MR) is 106 cm³/mol. The van der Waals surface area contributed by atoms with E-state index >= 15 is 0 Å². The molecule has 3 unspecified atom stereocenters. The van der Waals surface area contributed by atoms with E-state index in [1.807, 2.05) is 0 Å². The molecular weight excluding hydrogens is 296 g/mol. The Morgan fingerprint density at radius 3 is 2.08 bits per heavy atom. The van der Waals surface area contributed by atoms with Crippen LogP contribution in [0.25, 0.3) is 0 Å². The minimum Gasteiger partial charge on any atom is -0.330 e. The Kier molecular flexibility index (Phi) is 11.6. The van der Waals surface area contributed by atoms with Crippen molar-refractivity contribution >= 4 is 6.34 Å². The smallest absolute Gasteiger partial charge is 0.186 e. The summed E-state index contributed by atoms with van der Waals surface area (Å²) in [6, 6.07) is 1.05. The van der Waals surface area contributed by atoms with E-state index in [9.17, 15) is 0 Å². The van der Waals surface area contributed by atoms with Crippen LogP contribution in [0.2, 0.25) is 0 Å². The predicted octanol–water partition coefficient (Wildman–Crippen LogP) is 3.83. The van der Waals surface area contributed by atoms with Gasteiger partial charge in [-0.25, -0.2) is 4.99 Å². The second kappa shape index (κ2) is 12.8. The second-order valence-electron chi connectivity index (χ2n) is 7.67. The highest BCUT2D eigenvalue weighted by Crippen LogP contribution is 2.26. The Labute approximate surface area is 150 Å². The molecular formula is C20H43N4+. The van der Waals surface area contributed by atoms with Crippen molar-refractivity contribution in [1.29, 1.82) is 0 Å². The molecule has 0 aliphatic carbocycles. The average molecular weight is 340 g/mol. The lowest BCUT2D eigenvalue weighted by Gasteiger charge is -2.43. The molecule has 0 fully saturated rings. The van der Waals surface area contributed by atoms with Gasteiger partial charge in [0.2, 0.25) is 0 Å². The molecule has 1 aliphatic heterocycles. The number of nitrogens with two attached hydrogens (primary N) is 2. The van der Waals surface area contributed by atoms with Gasteiger partial charge in [0.1, 0.15) is 12.6 Å². The second-order valence-corrected chi connectivity index (χ2v) is 7.67. The van der Waals surface area contributed by atoms with Gasteiger partial charge in [0, 0.05) is 13.0 Å². The number of hydrogen-bond donors (Lipinski definition) is 2. The first kappa shape index (κ1) is 21.6. The molecule has 1 heterocycles. The van der Waals surface area contributed by atoms with Crippen LogP contribution in [0.1, 0.15) is 84.5 Å². The lowest BCUT2D eigenvalue weighted by molar-refractivity contribution is -0.877. The third-order valence-corrected chi connectivity index (χ3v) is 5.91. The maximum Gasteiger partial charge on any atom is 0.186 e. The third-order valence-electron chi connectivity index (χ3n) is 5.91. The number of nitrogens with zero attached hydrogens (tertiary/aromatic N) is 2. The molecule has 4 nitrogen and oxygen atoms in total. The normalized spacial score (nSPS) is 22.8. The van der Waals surface area contributed by atoms with E-state index in [2.05, 4.69) is 25.2 Å². The molecule has 24 heavy (non-hydrogen) atoms. The van der Waals surface area contributed by atoms with E-state index < -0.39 is 0 Å². The van der Waals surface area contributed by atoms with Crippen LogP contribution >= 0.6 is 0 Å². The van der Waals surface area contributed by atoms with Gasteiger partial charge in [-0.1, -0.05) is 58.3 Å². The Morgan fingerprint density at radius 1 is 0.958 bits per heavy atom. The molecule has 0 radical (unpaired) electrons. The van der Waals surface area contributed by atoms with Gasteiger partial charge >= 0.3 is 0 Å². The maximum atomic E-state index is 6.07. The summed E-state index contributed by atoms with van der Waals surface area (Å²) in [7, 11) is 0. The van der Waals surface area contributed by atoms with Crippen molar-refractivity contribution in [3.05, 3.63) is 0 Å². The van der Waals surface area contributed by atoms with Crippen LogP contribution in [0, 0.1) is 0 Å². The van der Waals surface area contributed by atoms with Gasteiger partial charge in [-0.15, -0.1) is 0 Å². The minimum absolute atomic E-state index is 0.440. The van der Waals surface area contributed by atoms with Crippen LogP contribution in [0.5, 0.6) is 0 Å². The average Bonchev–Trinajstić information content (AvgIpc) is 3.09. The monoisotopic (exact) mass is 339 g/mol. The molecule has 0 aromatic rings. The summed E-state index contributed by atoms with van der Waals surface area (Å²) >= 11 is 0. The summed E-state index contributed by atoms with van der Waals surface area (Å²) in [5, 5.41) is 0. The van der Waals surface area contributed by atoms with Crippen molar-refractivity contribution in [2.45, 2.75) is 96.6 Å². The zero-order chi connectivity index (χ0) is 17.7. The fraction of sp³-hybridized carbons (Fsp3) is 0.950. The van der Waals surface area contributed by atoms with Crippen molar-refractivity contribution in [3.63, 3.8) is 0 Å². The quantitative estimate of drug-likeness (QED) is 0.352. The highest BCUT2D eigenvalue weighted by molar-refractivity contribution is 5.49. The van der Waals surface area contributed by atoms with E-state index in [0.29, 0.717) is 18.6 Å². The van der Waals surface area contributed by atoms with Crippen molar-refractivity contribution in [2.24, 2.45) is 16.5 Å². The molecule has 0 amide bonds. The molecule has 0 bridgehead atoms. The molecule has 0 spiro atoms. The molecule has 0 aromatic heterocycles. The summed E-state index contributed by atoms with van der Waals surface area (Å²) in [6.07, 6.45) is 17.0. The molecule has 3 atom stereocenters. The number of hydrogen-bond acceptors (Lipinski definition) is 3. The Hall–Kier alpha value is -0.450. The highest BCUT2D eigenvalue weighted by atomic mass is 15.4. The molecule has 142 valence electrons. The van der Waals surface area contributed by atoms with Crippen LogP contribution in [0.3, 0.4) is 0 Å². The first-order valence-electron chi connectivity index (χ1n) is 10.5. The van der Waals surface area contributed by atoms with Crippen molar-refractivity contribution in [2.75, 3.05) is 26.2 Å². The van der Waals surface area contributed by atoms with Crippen LogP contribution in [-0.2, 0) is 0 Å². The van der Waals surface area contributed by atoms with Crippen LogP contribution in [0.4, 0.5) is 0 Å². The molecule has 0 saturated carbocycles. The molecule has 0 saturated heterocycles. The lowest BCUT2D eigenvalue weighted by atomic mass is 10.00. The molecule has 1 aliphatic rings. The van der Waals surface area contributed by atoms with Gasteiger partial charge < -0.3 is 11.5 Å². The molecule has 4 N–H and O–H groups in total. The van der Waals surface area contributed by atoms with Gasteiger partial charge in [-0.3, -0.25) is 4.48 Å². The van der Waals surface area contributed by atoms with E-state index in [1.165, 1.54) is 64.2 Å². The van der Waals surface area contributed by atoms with Crippen LogP contribution in [-0.4, -0.2) is 49.1 Å². The standard InChI is InChI=1S/C20H43N4/c1-3-4-5-6-7-8-9-10-11-12-19(2)24(16-15-23-18-24)20(17-22)13-14-21/h18-20H,3-17,21-22H2,1-2H3/q+1. The maximum absolute atomic E-state index is 6.07. The summed E-state index contributed by atoms with van der Waals surface area (Å²) in [6.45, 7) is 8.17. The van der Waals surface area contributed by atoms with Crippen LogP contribution in [0.15, 0.2) is 4.99 Å². The van der Waals surface area contributed by atoms with E-state index in [-0.39, 0.29) is 0 Å². The Morgan fingerprint density at radius 2 is 1.58 bits per heavy atom. The lowest BCUT2D eigenvalue weighted by Crippen LogP contribution is -2.61. The Bertz CT molecular complexity index is 332. The van der Waals surface area contributed by atoms with Crippen molar-refractivity contribution in [3.8, 4) is 0 Å². The summed E-state index contributed by atoms with van der Waals surface area (Å²) in [4.78, 5) is 4.55. The minimum atomic E-state index is 0.440. The summed E-state index contributed by atoms with van der Waals surface area (Å²) in [5.74, 6) is 0. The van der Waals surface area contributed by atoms with Gasteiger partial charge in [0.25, 0.3) is 0 Å². The van der Waals surface area contributed by atoms with E-state index in [0.717, 1.165) is 30.5 Å². The van der Waals surface area contributed by atoms with Crippen LogP contribution < -0.4 is 11.5 Å². The largest absolute Gasteiger partial charge is 0.330 e. The van der Waals surface area contributed by atoms with E-state index in [4.69, 9.17) is 11.5 Å². The van der Waals surface area contributed by atoms with Crippen molar-refractivity contribution < 1.29 is 4.48 Å². The van der Waals surface area contributed by atoms with Gasteiger partial charge in [-0.2, -0.15) is 0 Å². The first-order valence-corrected chi connectivity index (χ1v) is 10.5. The van der Waals surface area contributed by atoms with Gasteiger partial charge in [0.15, 0.2) is 6.34 Å². The Balaban J connectivity index is 2.26. The van der Waals surface area contributed by atoms with Gasteiger partial charge in [0.05, 0.1) is 12.6 Å². The molecule has 4 heteroatoms. The number of aliphatic imine (C=N–C) groups is 1. The highest BCUT2D eigenvalue weighted by Gasteiger charge is 2.41. The fourth-order valence-electron chi connectivity index (χ4n) is 4.21. The topological polar surface area (TPSA) is 64.4 Å². The number of unbranched alkanes of at least 4 members (excludes halogenated alkanes) is 8. The van der Waals surface area contributed by atoms with Gasteiger partial charge in [-0.05, 0) is 26.3 Å². The zero-order valence-corrected chi connectivity index (χ0v) is 16.4. The number of rotatable bonds is 15. The third kappa shape index (κ3) is 6.81. The SMILES string of the molecule is CCCCCCCCCCCC(C)[N+]1(C(CN)CCN)C=NCC1. The first-order chi connectivity index (χ1) is 11.7. The summed E-state index contributed by atoms with van der Waals surface area (Å²) in [5.41, 5.74) is 11.9. The molecule has 0 aromatic carbocycles. The van der Waals surface area contributed by atoms with Crippen molar-refractivity contribution in [1.82, 2.24) is 0 Å². The summed E-state index contributed by atoms with van der Waals surface area (Å²) < 4.78 is 0.977. The van der Waals surface area contributed by atoms with E-state index in [1.54, 1.807) is 0 Å². The number of quaternary nitrogens is 1. The zero-order valence-electron chi connectivity index (χ0n) is 16.4.